The van der Waals surface area contributed by atoms with Gasteiger partial charge in [0.2, 0.25) is 0 Å². The number of fused-ring (bicyclic) bond motifs is 1. The molecule has 4 rings (SSSR count). The molecular formula is C22H22N2O3. The minimum absolute atomic E-state index is 0.0241. The number of methoxy groups -OCH3 is 1. The van der Waals surface area contributed by atoms with Crippen molar-refractivity contribution in [3.63, 3.8) is 0 Å². The molecule has 0 atom stereocenters. The van der Waals surface area contributed by atoms with Crippen molar-refractivity contribution in [3.8, 4) is 11.5 Å². The molecule has 1 saturated heterocycles. The van der Waals surface area contributed by atoms with Crippen LogP contribution in [0.25, 0.3) is 10.9 Å². The summed E-state index contributed by atoms with van der Waals surface area (Å²) in [6.45, 7) is 5.06. The van der Waals surface area contributed by atoms with Gasteiger partial charge in [0.15, 0.2) is 11.5 Å². The van der Waals surface area contributed by atoms with E-state index in [2.05, 4.69) is 4.98 Å². The molecule has 1 aliphatic heterocycles. The Morgan fingerprint density at radius 1 is 1.07 bits per heavy atom. The number of benzene rings is 2. The first kappa shape index (κ1) is 17.3. The van der Waals surface area contributed by atoms with Gasteiger partial charge in [-0.3, -0.25) is 9.78 Å². The van der Waals surface area contributed by atoms with Crippen molar-refractivity contribution < 1.29 is 14.3 Å². The molecule has 2 aromatic carbocycles. The van der Waals surface area contributed by atoms with Gasteiger partial charge < -0.3 is 14.4 Å². The summed E-state index contributed by atoms with van der Waals surface area (Å²) in [7, 11) is 1.62. The normalized spacial score (nSPS) is 14.1. The zero-order chi connectivity index (χ0) is 19.0. The van der Waals surface area contributed by atoms with Crippen molar-refractivity contribution >= 4 is 16.8 Å². The largest absolute Gasteiger partial charge is 0.493 e. The molecule has 1 amide bonds. The molecule has 0 aliphatic carbocycles. The number of hydrogen-bond acceptors (Lipinski definition) is 4. The molecule has 3 aromatic rings. The maximum absolute atomic E-state index is 13.0. The highest BCUT2D eigenvalue weighted by atomic mass is 16.5. The Bertz CT molecular complexity index is 1010. The first-order valence-corrected chi connectivity index (χ1v) is 9.02. The summed E-state index contributed by atoms with van der Waals surface area (Å²) in [6.07, 6.45) is -0.0267. The zero-order valence-electron chi connectivity index (χ0n) is 15.7. The summed E-state index contributed by atoms with van der Waals surface area (Å²) >= 11 is 0. The minimum Gasteiger partial charge on any atom is -0.493 e. The van der Waals surface area contributed by atoms with Gasteiger partial charge >= 0.3 is 0 Å². The molecule has 1 aliphatic rings. The molecule has 0 unspecified atom stereocenters. The van der Waals surface area contributed by atoms with Crippen molar-refractivity contribution in [2.75, 3.05) is 20.2 Å². The molecule has 1 fully saturated rings. The quantitative estimate of drug-likeness (QED) is 0.709. The van der Waals surface area contributed by atoms with Crippen molar-refractivity contribution in [3.05, 3.63) is 65.4 Å². The fourth-order valence-corrected chi connectivity index (χ4v) is 3.39. The number of rotatable bonds is 4. The third-order valence-electron chi connectivity index (χ3n) is 4.82. The number of hydrogen-bond donors (Lipinski definition) is 0. The Hall–Kier alpha value is -3.08. The number of aryl methyl sites for hydroxylation is 2. The van der Waals surface area contributed by atoms with Crippen LogP contribution >= 0.6 is 0 Å². The van der Waals surface area contributed by atoms with E-state index in [0.29, 0.717) is 30.2 Å². The number of ether oxygens (including phenoxy) is 2. The summed E-state index contributed by atoms with van der Waals surface area (Å²) in [6, 6.07) is 15.4. The van der Waals surface area contributed by atoms with Gasteiger partial charge in [-0.05, 0) is 44.2 Å². The van der Waals surface area contributed by atoms with Crippen molar-refractivity contribution in [2.24, 2.45) is 0 Å². The highest BCUT2D eigenvalue weighted by molar-refractivity contribution is 6.06. The zero-order valence-corrected chi connectivity index (χ0v) is 15.7. The average molecular weight is 362 g/mol. The van der Waals surface area contributed by atoms with Gasteiger partial charge in [0.05, 0.1) is 31.3 Å². The van der Waals surface area contributed by atoms with Crippen LogP contribution in [-0.4, -0.2) is 42.1 Å². The SMILES string of the molecule is COc1ccccc1OC1CN(C(=O)c2cc(C)nc3ccc(C)cc23)C1. The molecule has 5 heteroatoms. The molecule has 0 radical (unpaired) electrons. The van der Waals surface area contributed by atoms with Crippen molar-refractivity contribution in [2.45, 2.75) is 20.0 Å². The lowest BCUT2D eigenvalue weighted by atomic mass is 10.0. The first-order chi connectivity index (χ1) is 13.0. The third-order valence-corrected chi connectivity index (χ3v) is 4.82. The fourth-order valence-electron chi connectivity index (χ4n) is 3.39. The number of para-hydroxylation sites is 2. The van der Waals surface area contributed by atoms with E-state index in [1.54, 1.807) is 7.11 Å². The summed E-state index contributed by atoms with van der Waals surface area (Å²) in [5, 5.41) is 0.902. The molecule has 0 spiro atoms. The fraction of sp³-hybridized carbons (Fsp3) is 0.273. The second-order valence-electron chi connectivity index (χ2n) is 6.93. The number of amides is 1. The van der Waals surface area contributed by atoms with Crippen molar-refractivity contribution in [1.82, 2.24) is 9.88 Å². The molecule has 138 valence electrons. The smallest absolute Gasteiger partial charge is 0.254 e. The molecular weight excluding hydrogens is 340 g/mol. The molecule has 0 saturated carbocycles. The maximum Gasteiger partial charge on any atom is 0.254 e. The molecule has 0 N–H and O–H groups in total. The molecule has 0 bridgehead atoms. The predicted octanol–water partition coefficient (Wildman–Crippen LogP) is 3.76. The number of nitrogens with zero attached hydrogens (tertiary/aromatic N) is 2. The summed E-state index contributed by atoms with van der Waals surface area (Å²) < 4.78 is 11.3. The van der Waals surface area contributed by atoms with E-state index >= 15 is 0 Å². The van der Waals surface area contributed by atoms with Gasteiger partial charge in [0, 0.05) is 11.1 Å². The minimum atomic E-state index is -0.0267. The Morgan fingerprint density at radius 2 is 1.81 bits per heavy atom. The second kappa shape index (κ2) is 6.91. The van der Waals surface area contributed by atoms with Crippen LogP contribution in [0, 0.1) is 13.8 Å². The predicted molar refractivity (Wildman–Crippen MR) is 105 cm³/mol. The van der Waals surface area contributed by atoms with Crippen LogP contribution in [0.4, 0.5) is 0 Å². The van der Waals surface area contributed by atoms with Crippen LogP contribution < -0.4 is 9.47 Å². The monoisotopic (exact) mass is 362 g/mol. The number of carbonyl (C=O) groups excluding carboxylic acids is 1. The van der Waals surface area contributed by atoms with Crippen LogP contribution in [0.15, 0.2) is 48.5 Å². The Balaban J connectivity index is 1.51. The topological polar surface area (TPSA) is 51.7 Å². The molecule has 1 aromatic heterocycles. The van der Waals surface area contributed by atoms with Crippen LogP contribution in [-0.2, 0) is 0 Å². The van der Waals surface area contributed by atoms with E-state index in [1.165, 1.54) is 0 Å². The van der Waals surface area contributed by atoms with Crippen molar-refractivity contribution in [1.29, 1.82) is 0 Å². The second-order valence-corrected chi connectivity index (χ2v) is 6.93. The lowest BCUT2D eigenvalue weighted by Crippen LogP contribution is -2.56. The summed E-state index contributed by atoms with van der Waals surface area (Å²) in [4.78, 5) is 19.4. The van der Waals surface area contributed by atoms with Gasteiger partial charge in [-0.1, -0.05) is 23.8 Å². The number of carbonyl (C=O) groups is 1. The molecule has 27 heavy (non-hydrogen) atoms. The Morgan fingerprint density at radius 3 is 2.56 bits per heavy atom. The lowest BCUT2D eigenvalue weighted by Gasteiger charge is -2.39. The van der Waals surface area contributed by atoms with E-state index in [1.807, 2.05) is 67.3 Å². The Labute approximate surface area is 158 Å². The van der Waals surface area contributed by atoms with Gasteiger partial charge in [-0.25, -0.2) is 0 Å². The van der Waals surface area contributed by atoms with Crippen LogP contribution in [0.2, 0.25) is 0 Å². The van der Waals surface area contributed by atoms with Gasteiger partial charge in [-0.15, -0.1) is 0 Å². The highest BCUT2D eigenvalue weighted by Gasteiger charge is 2.34. The van der Waals surface area contributed by atoms with Crippen LogP contribution in [0.1, 0.15) is 21.6 Å². The highest BCUT2D eigenvalue weighted by Crippen LogP contribution is 2.30. The number of likely N-dealkylation sites (tertiary alicyclic amines) is 1. The summed E-state index contributed by atoms with van der Waals surface area (Å²) in [5.74, 6) is 1.43. The third kappa shape index (κ3) is 3.33. The van der Waals surface area contributed by atoms with E-state index < -0.39 is 0 Å². The number of pyridine rings is 1. The average Bonchev–Trinajstić information content (AvgIpc) is 2.63. The Kier molecular flexibility index (Phi) is 4.44. The standard InChI is InChI=1S/C22H22N2O3/c1-14-8-9-19-17(10-14)18(11-15(2)23-19)22(25)24-12-16(13-24)27-21-7-5-4-6-20(21)26-3/h4-11,16H,12-13H2,1-3H3. The van der Waals surface area contributed by atoms with Crippen LogP contribution in [0.5, 0.6) is 11.5 Å². The van der Waals surface area contributed by atoms with E-state index in [9.17, 15) is 4.79 Å². The number of aromatic nitrogens is 1. The summed E-state index contributed by atoms with van der Waals surface area (Å²) in [5.41, 5.74) is 3.52. The first-order valence-electron chi connectivity index (χ1n) is 9.02. The molecule has 2 heterocycles. The van der Waals surface area contributed by atoms with E-state index in [0.717, 1.165) is 22.2 Å². The van der Waals surface area contributed by atoms with E-state index in [4.69, 9.17) is 9.47 Å². The van der Waals surface area contributed by atoms with Gasteiger partial charge in [-0.2, -0.15) is 0 Å². The lowest BCUT2D eigenvalue weighted by molar-refractivity contribution is 0.0170. The van der Waals surface area contributed by atoms with Gasteiger partial charge in [0.1, 0.15) is 6.10 Å². The maximum atomic E-state index is 13.0. The van der Waals surface area contributed by atoms with Crippen LogP contribution in [0.3, 0.4) is 0 Å². The molecule has 5 nitrogen and oxygen atoms in total. The van der Waals surface area contributed by atoms with E-state index in [-0.39, 0.29) is 12.0 Å². The van der Waals surface area contributed by atoms with Gasteiger partial charge in [0.25, 0.3) is 5.91 Å².